The van der Waals surface area contributed by atoms with Crippen molar-refractivity contribution in [2.45, 2.75) is 26.4 Å². The van der Waals surface area contributed by atoms with Gasteiger partial charge in [-0.15, -0.1) is 0 Å². The van der Waals surface area contributed by atoms with Crippen LogP contribution in [0.2, 0.25) is 0 Å². The molecule has 2 amide bonds. The third-order valence-corrected chi connectivity index (χ3v) is 2.03. The van der Waals surface area contributed by atoms with Crippen molar-refractivity contribution >= 4 is 23.8 Å². The van der Waals surface area contributed by atoms with Gasteiger partial charge in [0.1, 0.15) is 5.60 Å². The van der Waals surface area contributed by atoms with E-state index in [2.05, 4.69) is 5.43 Å². The molecule has 98 valence electrons. The van der Waals surface area contributed by atoms with Gasteiger partial charge in [0.25, 0.3) is 5.91 Å². The lowest BCUT2D eigenvalue weighted by Crippen LogP contribution is -2.42. The van der Waals surface area contributed by atoms with Crippen molar-refractivity contribution in [3.8, 4) is 0 Å². The lowest BCUT2D eigenvalue weighted by Gasteiger charge is -2.21. The number of rotatable bonds is 1. The summed E-state index contributed by atoms with van der Waals surface area (Å²) < 4.78 is 5.54. The molecule has 0 spiro atoms. The van der Waals surface area contributed by atoms with Gasteiger partial charge in [-0.25, -0.2) is 10.2 Å². The zero-order chi connectivity index (χ0) is 13.8. The van der Waals surface area contributed by atoms with Crippen LogP contribution in [-0.2, 0) is 4.74 Å². The monoisotopic (exact) mass is 270 g/mol. The number of nitrogens with one attached hydrogen (secondary N) is 1. The van der Waals surface area contributed by atoms with Crippen LogP contribution in [0, 0.1) is 0 Å². The number of carbonyl (C=O) groups excluding carboxylic acids is 2. The van der Waals surface area contributed by atoms with Crippen molar-refractivity contribution in [3.05, 3.63) is 35.9 Å². The molecule has 0 aromatic heterocycles. The average Bonchev–Trinajstić information content (AvgIpc) is 2.26. The lowest BCUT2D eigenvalue weighted by molar-refractivity contribution is 0.0402. The largest absolute Gasteiger partial charge is 0.443 e. The highest BCUT2D eigenvalue weighted by Crippen LogP contribution is 2.08. The van der Waals surface area contributed by atoms with E-state index in [9.17, 15) is 9.59 Å². The van der Waals surface area contributed by atoms with Gasteiger partial charge in [0.15, 0.2) is 0 Å². The summed E-state index contributed by atoms with van der Waals surface area (Å²) in [6, 6.07) is 8.36. The van der Waals surface area contributed by atoms with Gasteiger partial charge in [0.05, 0.1) is 0 Å². The van der Waals surface area contributed by atoms with Gasteiger partial charge in [-0.2, -0.15) is 4.53 Å². The van der Waals surface area contributed by atoms with Gasteiger partial charge in [0, 0.05) is 17.3 Å². The Morgan fingerprint density at radius 3 is 2.28 bits per heavy atom. The van der Waals surface area contributed by atoms with Crippen molar-refractivity contribution in [2.24, 2.45) is 0 Å². The molecule has 0 bridgehead atoms. The molecule has 0 aliphatic rings. The van der Waals surface area contributed by atoms with E-state index in [1.807, 2.05) is 0 Å². The molecule has 1 aromatic rings. The summed E-state index contributed by atoms with van der Waals surface area (Å²) in [6.07, 6.45) is -0.790. The number of benzene rings is 1. The van der Waals surface area contributed by atoms with Gasteiger partial charge >= 0.3 is 6.09 Å². The fourth-order valence-corrected chi connectivity index (χ4v) is 1.29. The number of ether oxygens (including phenoxy) is 1. The van der Waals surface area contributed by atoms with Crippen LogP contribution < -0.4 is 5.43 Å². The molecule has 6 heteroatoms. The van der Waals surface area contributed by atoms with Crippen LogP contribution in [0.15, 0.2) is 30.3 Å². The van der Waals surface area contributed by atoms with Crippen LogP contribution in [-0.4, -0.2) is 22.1 Å². The number of hydrazine groups is 1. The summed E-state index contributed by atoms with van der Waals surface area (Å²) in [7, 11) is 0. The zero-order valence-corrected chi connectivity index (χ0v) is 11.2. The first-order chi connectivity index (χ1) is 8.29. The fraction of sp³-hybridized carbons (Fsp3) is 0.333. The Labute approximate surface area is 111 Å². The first-order valence-electron chi connectivity index (χ1n) is 5.34. The maximum absolute atomic E-state index is 11.8. The fourth-order valence-electron chi connectivity index (χ4n) is 1.13. The number of hydrogen-bond donors (Lipinski definition) is 1. The smallest absolute Gasteiger partial charge is 0.427 e. The highest BCUT2D eigenvalue weighted by atomic mass is 35.5. The van der Waals surface area contributed by atoms with Crippen LogP contribution in [0.1, 0.15) is 31.1 Å². The van der Waals surface area contributed by atoms with E-state index in [0.29, 0.717) is 10.1 Å². The highest BCUT2D eigenvalue weighted by Gasteiger charge is 2.21. The number of carbonyl (C=O) groups is 2. The Balaban J connectivity index is 2.59. The molecule has 0 saturated heterocycles. The normalized spacial score (nSPS) is 10.7. The van der Waals surface area contributed by atoms with Crippen LogP contribution in [0.5, 0.6) is 0 Å². The molecular weight excluding hydrogens is 256 g/mol. The van der Waals surface area contributed by atoms with E-state index >= 15 is 0 Å². The van der Waals surface area contributed by atoms with Gasteiger partial charge in [-0.3, -0.25) is 4.79 Å². The van der Waals surface area contributed by atoms with Gasteiger partial charge < -0.3 is 4.74 Å². The highest BCUT2D eigenvalue weighted by molar-refractivity contribution is 6.24. The molecule has 0 radical (unpaired) electrons. The second kappa shape index (κ2) is 5.73. The van der Waals surface area contributed by atoms with E-state index in [-0.39, 0.29) is 0 Å². The number of amides is 2. The molecule has 0 saturated carbocycles. The van der Waals surface area contributed by atoms with Crippen molar-refractivity contribution in [2.75, 3.05) is 0 Å². The van der Waals surface area contributed by atoms with Crippen LogP contribution in [0.3, 0.4) is 0 Å². The second-order valence-corrected chi connectivity index (χ2v) is 4.90. The Morgan fingerprint density at radius 2 is 1.78 bits per heavy atom. The SMILES string of the molecule is CC(C)(C)OC(=O)NN(Cl)C(=O)c1ccccc1. The predicted molar refractivity (Wildman–Crippen MR) is 67.8 cm³/mol. The van der Waals surface area contributed by atoms with Crippen molar-refractivity contribution in [1.29, 1.82) is 0 Å². The molecule has 5 nitrogen and oxygen atoms in total. The van der Waals surface area contributed by atoms with Crippen LogP contribution in [0.25, 0.3) is 0 Å². The van der Waals surface area contributed by atoms with Crippen molar-refractivity contribution in [1.82, 2.24) is 9.95 Å². The summed E-state index contributed by atoms with van der Waals surface area (Å²) in [4.78, 5) is 23.2. The van der Waals surface area contributed by atoms with Gasteiger partial charge in [-0.1, -0.05) is 18.2 Å². The number of nitrogens with zero attached hydrogens (tertiary/aromatic N) is 1. The summed E-state index contributed by atoms with van der Waals surface area (Å²) in [6.45, 7) is 5.14. The standard InChI is InChI=1S/C12H15ClN2O3/c1-12(2,3)18-11(17)14-15(13)10(16)9-7-5-4-6-8-9/h4-8H,1-3H3,(H,14,17). The molecule has 0 heterocycles. The summed E-state index contributed by atoms with van der Waals surface area (Å²) in [5.41, 5.74) is 1.83. The van der Waals surface area contributed by atoms with Gasteiger partial charge in [0.2, 0.25) is 0 Å². The molecule has 0 fully saturated rings. The van der Waals surface area contributed by atoms with Crippen molar-refractivity contribution < 1.29 is 14.3 Å². The minimum atomic E-state index is -0.790. The minimum Gasteiger partial charge on any atom is -0.443 e. The molecule has 1 N–H and O–H groups in total. The van der Waals surface area contributed by atoms with Gasteiger partial charge in [-0.05, 0) is 32.9 Å². The van der Waals surface area contributed by atoms with Crippen molar-refractivity contribution in [3.63, 3.8) is 0 Å². The summed E-state index contributed by atoms with van der Waals surface area (Å²) in [5, 5.41) is 0. The third kappa shape index (κ3) is 4.63. The molecule has 18 heavy (non-hydrogen) atoms. The predicted octanol–water partition coefficient (Wildman–Crippen LogP) is 2.72. The molecule has 1 aromatic carbocycles. The Bertz CT molecular complexity index is 429. The quantitative estimate of drug-likeness (QED) is 0.630. The van der Waals surface area contributed by atoms with E-state index < -0.39 is 17.6 Å². The van der Waals surface area contributed by atoms with Crippen LogP contribution >= 0.6 is 11.8 Å². The first-order valence-corrected chi connectivity index (χ1v) is 5.68. The topological polar surface area (TPSA) is 58.6 Å². The maximum Gasteiger partial charge on any atom is 0.427 e. The molecule has 0 unspecified atom stereocenters. The third-order valence-electron chi connectivity index (χ3n) is 1.79. The average molecular weight is 271 g/mol. The molecule has 0 aliphatic carbocycles. The number of hydrogen-bond acceptors (Lipinski definition) is 3. The van der Waals surface area contributed by atoms with E-state index in [1.165, 1.54) is 0 Å². The number of halogens is 1. The lowest BCUT2D eigenvalue weighted by atomic mass is 10.2. The zero-order valence-electron chi connectivity index (χ0n) is 10.4. The van der Waals surface area contributed by atoms with E-state index in [0.717, 1.165) is 0 Å². The summed E-state index contributed by atoms with van der Waals surface area (Å²) in [5.74, 6) is -0.539. The Hall–Kier alpha value is -1.75. The maximum atomic E-state index is 11.8. The van der Waals surface area contributed by atoms with Crippen LogP contribution in [0.4, 0.5) is 4.79 Å². The second-order valence-electron chi connectivity index (χ2n) is 4.57. The molecule has 0 aliphatic heterocycles. The van der Waals surface area contributed by atoms with E-state index in [4.69, 9.17) is 16.5 Å². The molecular formula is C12H15ClN2O3. The van der Waals surface area contributed by atoms with E-state index in [1.54, 1.807) is 51.1 Å². The molecule has 0 atom stereocenters. The molecule has 1 rings (SSSR count). The first kappa shape index (κ1) is 14.3. The summed E-state index contributed by atoms with van der Waals surface area (Å²) >= 11 is 5.66. The Morgan fingerprint density at radius 1 is 1.22 bits per heavy atom. The minimum absolute atomic E-state index is 0.364. The Kier molecular flexibility index (Phi) is 4.55.